The Morgan fingerprint density at radius 1 is 0.800 bits per heavy atom. The van der Waals surface area contributed by atoms with Crippen LogP contribution in [0, 0.1) is 0 Å². The molecule has 35 heavy (non-hydrogen) atoms. The average molecular weight is 507 g/mol. The maximum atomic E-state index is 12.9. The van der Waals surface area contributed by atoms with E-state index < -0.39 is 21.0 Å². The molecule has 1 aliphatic rings. The predicted octanol–water partition coefficient (Wildman–Crippen LogP) is 9.07. The fraction of sp³-hybridized carbons (Fsp3) is 0.733. The van der Waals surface area contributed by atoms with Crippen LogP contribution in [0.4, 0.5) is 0 Å². The number of rotatable bonds is 19. The van der Waals surface area contributed by atoms with Gasteiger partial charge in [-0.2, -0.15) is 8.42 Å². The van der Waals surface area contributed by atoms with Crippen molar-refractivity contribution in [2.45, 2.75) is 134 Å². The second kappa shape index (κ2) is 15.8. The van der Waals surface area contributed by atoms with E-state index >= 15 is 0 Å². The van der Waals surface area contributed by atoms with E-state index in [9.17, 15) is 13.0 Å². The van der Waals surface area contributed by atoms with Gasteiger partial charge >= 0.3 is 0 Å². The topological polar surface area (TPSA) is 63.6 Å². The van der Waals surface area contributed by atoms with Gasteiger partial charge in [-0.25, -0.2) is 0 Å². The number of fused-ring (bicyclic) bond motifs is 1. The van der Waals surface area contributed by atoms with Gasteiger partial charge in [0.25, 0.3) is 10.1 Å². The van der Waals surface area contributed by atoms with Crippen LogP contribution < -0.4 is 0 Å². The third-order valence-corrected chi connectivity index (χ3v) is 8.71. The molecule has 2 atom stereocenters. The minimum absolute atomic E-state index is 0.416. The van der Waals surface area contributed by atoms with Crippen molar-refractivity contribution in [2.24, 2.45) is 0 Å². The van der Waals surface area contributed by atoms with Gasteiger partial charge in [0.15, 0.2) is 0 Å². The molecule has 2 unspecified atom stereocenters. The fourth-order valence-electron chi connectivity index (χ4n) is 5.70. The quantitative estimate of drug-likeness (QED) is 0.150. The van der Waals surface area contributed by atoms with Crippen molar-refractivity contribution in [3.63, 3.8) is 0 Å². The lowest BCUT2D eigenvalue weighted by molar-refractivity contribution is -0.0261. The molecule has 2 rings (SSSR count). The second-order valence-electron chi connectivity index (χ2n) is 10.3. The van der Waals surface area contributed by atoms with E-state index in [1.165, 1.54) is 57.8 Å². The van der Waals surface area contributed by atoms with E-state index in [1.54, 1.807) is 0 Å². The summed E-state index contributed by atoms with van der Waals surface area (Å²) in [4.78, 5) is 0. The van der Waals surface area contributed by atoms with Crippen LogP contribution in [0.5, 0.6) is 0 Å². The van der Waals surface area contributed by atoms with Crippen LogP contribution in [-0.4, -0.2) is 25.2 Å². The fourth-order valence-corrected chi connectivity index (χ4v) is 7.06. The first-order chi connectivity index (χ1) is 16.9. The molecule has 0 aromatic heterocycles. The van der Waals surface area contributed by atoms with Crippen molar-refractivity contribution in [3.05, 3.63) is 41.0 Å². The van der Waals surface area contributed by atoms with Gasteiger partial charge < -0.3 is 4.74 Å². The van der Waals surface area contributed by atoms with Crippen molar-refractivity contribution >= 4 is 16.2 Å². The van der Waals surface area contributed by atoms with Crippen molar-refractivity contribution < 1.29 is 17.7 Å². The Morgan fingerprint density at radius 2 is 1.34 bits per heavy atom. The van der Waals surface area contributed by atoms with Gasteiger partial charge in [0.2, 0.25) is 0 Å². The molecule has 1 aromatic carbocycles. The standard InChI is InChI=1S/C30H50O4S/c1-4-7-9-11-13-15-17-22-27-25-26-21-18-19-23-28(26)29(35(31,32)33)30(27,34-6-3)24-20-16-14-12-10-8-5-2/h18-19,21,23,25,29H,4-17,20,22,24H2,1-3H3,(H,31,32,33). The van der Waals surface area contributed by atoms with Gasteiger partial charge in [0.1, 0.15) is 10.9 Å². The Bertz CT molecular complexity index is 861. The highest BCUT2D eigenvalue weighted by Crippen LogP contribution is 2.50. The molecule has 0 saturated carbocycles. The highest BCUT2D eigenvalue weighted by Gasteiger charge is 2.52. The Hall–Kier alpha value is -1.17. The highest BCUT2D eigenvalue weighted by atomic mass is 32.2. The van der Waals surface area contributed by atoms with Crippen LogP contribution in [0.2, 0.25) is 0 Å². The summed E-state index contributed by atoms with van der Waals surface area (Å²) in [6, 6.07) is 7.59. The summed E-state index contributed by atoms with van der Waals surface area (Å²) >= 11 is 0. The van der Waals surface area contributed by atoms with Crippen LogP contribution in [0.3, 0.4) is 0 Å². The molecule has 0 radical (unpaired) electrons. The molecule has 0 spiro atoms. The maximum absolute atomic E-state index is 12.9. The molecule has 0 aliphatic heterocycles. The Balaban J connectivity index is 2.26. The predicted molar refractivity (Wildman–Crippen MR) is 148 cm³/mol. The Morgan fingerprint density at radius 3 is 1.91 bits per heavy atom. The molecule has 1 aromatic rings. The number of hydrogen-bond acceptors (Lipinski definition) is 3. The van der Waals surface area contributed by atoms with Gasteiger partial charge in [-0.15, -0.1) is 0 Å². The summed E-state index contributed by atoms with van der Waals surface area (Å²) < 4.78 is 42.8. The molecule has 200 valence electrons. The van der Waals surface area contributed by atoms with Crippen molar-refractivity contribution in [1.29, 1.82) is 0 Å². The summed E-state index contributed by atoms with van der Waals surface area (Å²) in [6.07, 6.45) is 20.2. The molecule has 1 aliphatic carbocycles. The summed E-state index contributed by atoms with van der Waals surface area (Å²) in [7, 11) is -4.37. The molecule has 0 heterocycles. The zero-order valence-electron chi connectivity index (χ0n) is 22.6. The molecule has 1 N–H and O–H groups in total. The first kappa shape index (κ1) is 30.1. The average Bonchev–Trinajstić information content (AvgIpc) is 2.82. The first-order valence-corrected chi connectivity index (χ1v) is 15.8. The van der Waals surface area contributed by atoms with Crippen LogP contribution in [0.15, 0.2) is 29.8 Å². The van der Waals surface area contributed by atoms with Gasteiger partial charge in [0.05, 0.1) is 0 Å². The van der Waals surface area contributed by atoms with Crippen molar-refractivity contribution in [2.75, 3.05) is 6.61 Å². The maximum Gasteiger partial charge on any atom is 0.275 e. The zero-order chi connectivity index (χ0) is 25.6. The Labute approximate surface area is 215 Å². The lowest BCUT2D eigenvalue weighted by Gasteiger charge is -2.44. The first-order valence-electron chi connectivity index (χ1n) is 14.3. The summed E-state index contributed by atoms with van der Waals surface area (Å²) in [5, 5.41) is -1.07. The number of benzene rings is 1. The zero-order valence-corrected chi connectivity index (χ0v) is 23.4. The molecule has 0 fully saturated rings. The molecule has 0 bridgehead atoms. The van der Waals surface area contributed by atoms with Gasteiger partial charge in [-0.3, -0.25) is 4.55 Å². The van der Waals surface area contributed by atoms with Crippen molar-refractivity contribution in [3.8, 4) is 0 Å². The second-order valence-corrected chi connectivity index (χ2v) is 11.8. The van der Waals surface area contributed by atoms with E-state index in [1.807, 2.05) is 31.2 Å². The number of hydrogen-bond donors (Lipinski definition) is 1. The summed E-state index contributed by atoms with van der Waals surface area (Å²) in [5.74, 6) is 0. The van der Waals surface area contributed by atoms with Crippen LogP contribution in [0.1, 0.15) is 140 Å². The Kier molecular flexibility index (Phi) is 13.6. The van der Waals surface area contributed by atoms with Gasteiger partial charge in [-0.1, -0.05) is 128 Å². The minimum atomic E-state index is -4.37. The van der Waals surface area contributed by atoms with Crippen LogP contribution in [-0.2, 0) is 14.9 Å². The normalized spacial score (nSPS) is 20.0. The third kappa shape index (κ3) is 9.02. The van der Waals surface area contributed by atoms with E-state index in [-0.39, 0.29) is 0 Å². The highest BCUT2D eigenvalue weighted by molar-refractivity contribution is 7.86. The summed E-state index contributed by atoms with van der Waals surface area (Å²) in [6.45, 7) is 6.80. The lowest BCUT2D eigenvalue weighted by Crippen LogP contribution is -2.47. The molecule has 0 amide bonds. The van der Waals surface area contributed by atoms with E-state index in [4.69, 9.17) is 4.74 Å². The number of unbranched alkanes of at least 4 members (excludes halogenated alkanes) is 12. The molecule has 4 nitrogen and oxygen atoms in total. The lowest BCUT2D eigenvalue weighted by atomic mass is 9.74. The smallest absolute Gasteiger partial charge is 0.275 e. The number of ether oxygens (including phenoxy) is 1. The van der Waals surface area contributed by atoms with Crippen molar-refractivity contribution in [1.82, 2.24) is 0 Å². The van der Waals surface area contributed by atoms with Gasteiger partial charge in [0, 0.05) is 6.61 Å². The molecule has 5 heteroatoms. The largest absolute Gasteiger partial charge is 0.369 e. The van der Waals surface area contributed by atoms with Crippen LogP contribution in [0.25, 0.3) is 6.08 Å². The molecular formula is C30H50O4S. The summed E-state index contributed by atoms with van der Waals surface area (Å²) in [5.41, 5.74) is 1.60. The molecular weight excluding hydrogens is 456 g/mol. The van der Waals surface area contributed by atoms with Gasteiger partial charge in [-0.05, 0) is 42.9 Å². The third-order valence-electron chi connectivity index (χ3n) is 7.48. The van der Waals surface area contributed by atoms with E-state index in [0.29, 0.717) is 18.6 Å². The SMILES string of the molecule is CCCCCCCCCC1=Cc2ccccc2C(S(=O)(=O)O)C1(CCCCCCCCC)OCC. The monoisotopic (exact) mass is 506 g/mol. The van der Waals surface area contributed by atoms with Crippen LogP contribution >= 0.6 is 0 Å². The van der Waals surface area contributed by atoms with E-state index in [0.717, 1.165) is 49.7 Å². The van der Waals surface area contributed by atoms with E-state index in [2.05, 4.69) is 19.9 Å². The molecule has 0 saturated heterocycles. The minimum Gasteiger partial charge on any atom is -0.369 e.